The molecule has 12 heteroatoms. The number of nitrogens with zero attached hydrogens (tertiary/aromatic N) is 2. The highest BCUT2D eigenvalue weighted by molar-refractivity contribution is 7.92. The van der Waals surface area contributed by atoms with Crippen molar-refractivity contribution in [3.63, 3.8) is 0 Å². The van der Waals surface area contributed by atoms with Crippen LogP contribution in [0.25, 0.3) is 0 Å². The molecule has 0 bridgehead atoms. The quantitative estimate of drug-likeness (QED) is 0.164. The summed E-state index contributed by atoms with van der Waals surface area (Å²) in [6.07, 6.45) is 0.169. The lowest BCUT2D eigenvalue weighted by Gasteiger charge is -2.35. The average molecular weight is 713 g/mol. The Hall–Kier alpha value is -4.25. The topological polar surface area (TPSA) is 105 Å². The Kier molecular flexibility index (Phi) is 12.0. The summed E-state index contributed by atoms with van der Waals surface area (Å²) < 4.78 is 40.4. The molecule has 0 unspecified atom stereocenters. The van der Waals surface area contributed by atoms with Gasteiger partial charge >= 0.3 is 0 Å². The van der Waals surface area contributed by atoms with Crippen LogP contribution in [0.3, 0.4) is 0 Å². The molecule has 4 aromatic carbocycles. The predicted octanol–water partition coefficient (Wildman–Crippen LogP) is 6.76. The largest absolute Gasteiger partial charge is 0.493 e. The zero-order valence-corrected chi connectivity index (χ0v) is 29.8. The van der Waals surface area contributed by atoms with Crippen molar-refractivity contribution in [2.45, 2.75) is 50.2 Å². The Morgan fingerprint density at radius 1 is 0.833 bits per heavy atom. The van der Waals surface area contributed by atoms with Gasteiger partial charge in [0.05, 0.1) is 24.8 Å². The number of nitrogens with one attached hydrogen (secondary N) is 1. The molecule has 1 N–H and O–H groups in total. The molecule has 9 nitrogen and oxygen atoms in total. The van der Waals surface area contributed by atoms with Crippen molar-refractivity contribution in [3.8, 4) is 11.5 Å². The zero-order valence-electron chi connectivity index (χ0n) is 27.4. The first-order chi connectivity index (χ1) is 22.7. The first kappa shape index (κ1) is 36.6. The molecule has 0 spiro atoms. The minimum atomic E-state index is -4.39. The lowest BCUT2D eigenvalue weighted by Crippen LogP contribution is -2.56. The summed E-state index contributed by atoms with van der Waals surface area (Å²) in [5, 5.41) is 3.79. The number of benzene rings is 4. The Morgan fingerprint density at radius 2 is 1.46 bits per heavy atom. The molecule has 0 saturated heterocycles. The monoisotopic (exact) mass is 711 g/mol. The van der Waals surface area contributed by atoms with Gasteiger partial charge in [0, 0.05) is 34.6 Å². The van der Waals surface area contributed by atoms with Crippen LogP contribution in [0, 0.1) is 0 Å². The molecule has 0 aliphatic carbocycles. The van der Waals surface area contributed by atoms with E-state index in [9.17, 15) is 18.0 Å². The number of rotatable bonds is 13. The molecule has 0 radical (unpaired) electrons. The molecular formula is C36H39Cl2N3O6S. The molecule has 0 heterocycles. The second-order valence-corrected chi connectivity index (χ2v) is 14.8. The van der Waals surface area contributed by atoms with E-state index in [1.54, 1.807) is 24.3 Å². The van der Waals surface area contributed by atoms with Crippen molar-refractivity contribution in [2.24, 2.45) is 0 Å². The molecule has 4 rings (SSSR count). The van der Waals surface area contributed by atoms with Gasteiger partial charge in [0.1, 0.15) is 12.6 Å². The minimum absolute atomic E-state index is 0.0571. The average Bonchev–Trinajstić information content (AvgIpc) is 3.05. The van der Waals surface area contributed by atoms with Crippen molar-refractivity contribution < 1.29 is 27.5 Å². The number of ether oxygens (including phenoxy) is 2. The molecule has 0 fully saturated rings. The van der Waals surface area contributed by atoms with Crippen LogP contribution in [0.4, 0.5) is 5.69 Å². The van der Waals surface area contributed by atoms with Crippen molar-refractivity contribution in [3.05, 3.63) is 118 Å². The standard InChI is InChI=1S/C36H39Cl2N3O6S/c1-36(2,3)39-35(43)31(21-25-11-7-6-8-12-25)40(23-26-13-9-10-14-30(26)38)34(42)24-41(28-17-15-27(37)16-18-28)48(44,45)29-19-20-32(46-4)33(22-29)47-5/h6-20,22,31H,21,23-24H2,1-5H3,(H,39,43)/t31-/m0/s1. The van der Waals surface area contributed by atoms with Gasteiger partial charge in [0.25, 0.3) is 10.0 Å². The van der Waals surface area contributed by atoms with Gasteiger partial charge in [-0.1, -0.05) is 71.7 Å². The summed E-state index contributed by atoms with van der Waals surface area (Å²) in [5.41, 5.74) is 0.988. The van der Waals surface area contributed by atoms with E-state index in [1.807, 2.05) is 51.1 Å². The first-order valence-corrected chi connectivity index (χ1v) is 17.3. The second kappa shape index (κ2) is 15.8. The second-order valence-electron chi connectivity index (χ2n) is 12.1. The third-order valence-electron chi connectivity index (χ3n) is 7.40. The lowest BCUT2D eigenvalue weighted by atomic mass is 10.0. The van der Waals surface area contributed by atoms with E-state index >= 15 is 0 Å². The van der Waals surface area contributed by atoms with Crippen LogP contribution in [-0.2, 0) is 32.6 Å². The third kappa shape index (κ3) is 9.21. The number of halogens is 2. The van der Waals surface area contributed by atoms with Crippen LogP contribution in [0.15, 0.2) is 102 Å². The molecule has 0 aliphatic heterocycles. The molecular weight excluding hydrogens is 673 g/mol. The van der Waals surface area contributed by atoms with Crippen LogP contribution in [-0.4, -0.2) is 57.5 Å². The Bertz CT molecular complexity index is 1830. The number of hydrogen-bond acceptors (Lipinski definition) is 6. The summed E-state index contributed by atoms with van der Waals surface area (Å²) >= 11 is 12.7. The van der Waals surface area contributed by atoms with E-state index in [1.165, 1.54) is 61.6 Å². The fraction of sp³-hybridized carbons (Fsp3) is 0.278. The maximum Gasteiger partial charge on any atom is 0.264 e. The predicted molar refractivity (Wildman–Crippen MR) is 189 cm³/mol. The minimum Gasteiger partial charge on any atom is -0.493 e. The van der Waals surface area contributed by atoms with Crippen molar-refractivity contribution >= 4 is 50.7 Å². The summed E-state index contributed by atoms with van der Waals surface area (Å²) in [4.78, 5) is 29.9. The van der Waals surface area contributed by atoms with Crippen molar-refractivity contribution in [1.82, 2.24) is 10.2 Å². The van der Waals surface area contributed by atoms with E-state index in [-0.39, 0.29) is 29.3 Å². The number of methoxy groups -OCH3 is 2. The number of hydrogen-bond donors (Lipinski definition) is 1. The molecule has 0 aliphatic rings. The molecule has 4 aromatic rings. The van der Waals surface area contributed by atoms with Crippen LogP contribution >= 0.6 is 23.2 Å². The summed E-state index contributed by atoms with van der Waals surface area (Å²) in [6, 6.07) is 25.6. The number of amides is 2. The normalized spacial score (nSPS) is 12.1. The van der Waals surface area contributed by atoms with Crippen molar-refractivity contribution in [1.29, 1.82) is 0 Å². The summed E-state index contributed by atoms with van der Waals surface area (Å²) in [6.45, 7) is 4.85. The SMILES string of the molecule is COc1ccc(S(=O)(=O)N(CC(=O)N(Cc2ccccc2Cl)[C@@H](Cc2ccccc2)C(=O)NC(C)(C)C)c2ccc(Cl)cc2)cc1OC. The Morgan fingerprint density at radius 3 is 2.06 bits per heavy atom. The van der Waals surface area contributed by atoms with Gasteiger partial charge in [0.2, 0.25) is 11.8 Å². The Balaban J connectivity index is 1.85. The smallest absolute Gasteiger partial charge is 0.264 e. The van der Waals surface area contributed by atoms with E-state index in [4.69, 9.17) is 32.7 Å². The van der Waals surface area contributed by atoms with Gasteiger partial charge in [-0.3, -0.25) is 13.9 Å². The van der Waals surface area contributed by atoms with E-state index < -0.39 is 40.0 Å². The van der Waals surface area contributed by atoms with Crippen LogP contribution < -0.4 is 19.1 Å². The Labute approximate surface area is 292 Å². The number of anilines is 1. The highest BCUT2D eigenvalue weighted by Gasteiger charge is 2.36. The number of carbonyl (C=O) groups excluding carboxylic acids is 2. The molecule has 0 saturated carbocycles. The number of sulfonamides is 1. The molecule has 48 heavy (non-hydrogen) atoms. The maximum atomic E-state index is 14.6. The van der Waals surface area contributed by atoms with Crippen LogP contribution in [0.1, 0.15) is 31.9 Å². The fourth-order valence-electron chi connectivity index (χ4n) is 5.06. The van der Waals surface area contributed by atoms with E-state index in [0.29, 0.717) is 21.4 Å². The van der Waals surface area contributed by atoms with Gasteiger partial charge < -0.3 is 19.7 Å². The fourth-order valence-corrected chi connectivity index (χ4v) is 6.81. The van der Waals surface area contributed by atoms with E-state index in [0.717, 1.165) is 9.87 Å². The molecule has 2 amide bonds. The lowest BCUT2D eigenvalue weighted by molar-refractivity contribution is -0.140. The molecule has 254 valence electrons. The van der Waals surface area contributed by atoms with E-state index in [2.05, 4.69) is 5.32 Å². The number of carbonyl (C=O) groups is 2. The van der Waals surface area contributed by atoms with Gasteiger partial charge in [-0.2, -0.15) is 0 Å². The highest BCUT2D eigenvalue weighted by atomic mass is 35.5. The third-order valence-corrected chi connectivity index (χ3v) is 9.79. The first-order valence-electron chi connectivity index (χ1n) is 15.1. The maximum absolute atomic E-state index is 14.6. The van der Waals surface area contributed by atoms with Crippen LogP contribution in [0.5, 0.6) is 11.5 Å². The zero-order chi connectivity index (χ0) is 35.1. The van der Waals surface area contributed by atoms with Gasteiger partial charge in [-0.15, -0.1) is 0 Å². The summed E-state index contributed by atoms with van der Waals surface area (Å²) in [5.74, 6) is -0.486. The van der Waals surface area contributed by atoms with Crippen LogP contribution in [0.2, 0.25) is 10.0 Å². The highest BCUT2D eigenvalue weighted by Crippen LogP contribution is 2.33. The summed E-state index contributed by atoms with van der Waals surface area (Å²) in [7, 11) is -1.54. The molecule has 1 atom stereocenters. The molecule has 0 aromatic heterocycles. The van der Waals surface area contributed by atoms with Gasteiger partial charge in [0.15, 0.2) is 11.5 Å². The van der Waals surface area contributed by atoms with Gasteiger partial charge in [-0.25, -0.2) is 8.42 Å². The van der Waals surface area contributed by atoms with Gasteiger partial charge in [-0.05, 0) is 74.4 Å². The van der Waals surface area contributed by atoms with Crippen molar-refractivity contribution in [2.75, 3.05) is 25.1 Å².